The number of benzene rings is 2. The van der Waals surface area contributed by atoms with Crippen molar-refractivity contribution in [3.63, 3.8) is 0 Å². The second-order valence-corrected chi connectivity index (χ2v) is 8.52. The maximum atomic E-state index is 13.1. The summed E-state index contributed by atoms with van der Waals surface area (Å²) in [7, 11) is 0. The molecule has 1 heterocycles. The molecule has 0 saturated carbocycles. The van der Waals surface area contributed by atoms with Gasteiger partial charge in [0.15, 0.2) is 0 Å². The summed E-state index contributed by atoms with van der Waals surface area (Å²) < 4.78 is 18.9. The van der Waals surface area contributed by atoms with Crippen molar-refractivity contribution in [2.45, 2.75) is 34.1 Å². The first-order chi connectivity index (χ1) is 13.7. The molecule has 154 valence electrons. The Labute approximate surface area is 170 Å². The first kappa shape index (κ1) is 20.8. The predicted octanol–water partition coefficient (Wildman–Crippen LogP) is 4.41. The van der Waals surface area contributed by atoms with Crippen molar-refractivity contribution >= 4 is 23.2 Å². The van der Waals surface area contributed by atoms with Crippen LogP contribution in [0.25, 0.3) is 0 Å². The highest BCUT2D eigenvalue weighted by Gasteiger charge is 2.38. The van der Waals surface area contributed by atoms with Crippen molar-refractivity contribution < 1.29 is 18.7 Å². The van der Waals surface area contributed by atoms with E-state index in [0.717, 1.165) is 5.56 Å². The standard InChI is InChI=1S/C23H27FN2O3/c1-15(2)13-26-19-12-18(9-10-20(19)29-14-23(3,4)22(26)28)25-21(27)11-16-5-7-17(24)8-6-16/h5-10,12,15H,11,13-14H2,1-4H3,(H,25,27). The average Bonchev–Trinajstić information content (AvgIpc) is 2.74. The van der Waals surface area contributed by atoms with Gasteiger partial charge in [-0.3, -0.25) is 9.59 Å². The summed E-state index contributed by atoms with van der Waals surface area (Å²) >= 11 is 0. The minimum Gasteiger partial charge on any atom is -0.490 e. The lowest BCUT2D eigenvalue weighted by Crippen LogP contribution is -2.43. The lowest BCUT2D eigenvalue weighted by Gasteiger charge is -2.29. The topological polar surface area (TPSA) is 58.6 Å². The average molecular weight is 398 g/mol. The fourth-order valence-electron chi connectivity index (χ4n) is 3.26. The summed E-state index contributed by atoms with van der Waals surface area (Å²) in [5, 5.41) is 2.86. The maximum Gasteiger partial charge on any atom is 0.236 e. The van der Waals surface area contributed by atoms with E-state index in [-0.39, 0.29) is 30.0 Å². The van der Waals surface area contributed by atoms with Crippen molar-refractivity contribution in [3.05, 3.63) is 53.8 Å². The van der Waals surface area contributed by atoms with Gasteiger partial charge in [-0.25, -0.2) is 4.39 Å². The molecule has 1 N–H and O–H groups in total. The normalized spacial score (nSPS) is 15.5. The quantitative estimate of drug-likeness (QED) is 0.811. The monoisotopic (exact) mass is 398 g/mol. The number of halogens is 1. The molecule has 0 aromatic heterocycles. The number of nitrogens with zero attached hydrogens (tertiary/aromatic N) is 1. The van der Waals surface area contributed by atoms with Gasteiger partial charge in [0.2, 0.25) is 11.8 Å². The minimum absolute atomic E-state index is 0.000242. The first-order valence-corrected chi connectivity index (χ1v) is 9.79. The smallest absolute Gasteiger partial charge is 0.236 e. The maximum absolute atomic E-state index is 13.1. The number of rotatable bonds is 5. The van der Waals surface area contributed by atoms with Crippen molar-refractivity contribution in [3.8, 4) is 5.75 Å². The molecule has 0 saturated heterocycles. The third-order valence-electron chi connectivity index (χ3n) is 4.77. The third kappa shape index (κ3) is 4.94. The fourth-order valence-corrected chi connectivity index (χ4v) is 3.26. The lowest BCUT2D eigenvalue weighted by molar-refractivity contribution is -0.127. The second kappa shape index (κ2) is 8.23. The van der Waals surface area contributed by atoms with Crippen LogP contribution in [0.1, 0.15) is 33.3 Å². The molecule has 2 aromatic carbocycles. The Balaban J connectivity index is 1.83. The summed E-state index contributed by atoms with van der Waals surface area (Å²) in [6, 6.07) is 11.2. The molecule has 0 unspecified atom stereocenters. The second-order valence-electron chi connectivity index (χ2n) is 8.52. The number of hydrogen-bond donors (Lipinski definition) is 1. The number of carbonyl (C=O) groups is 2. The molecule has 0 spiro atoms. The summed E-state index contributed by atoms with van der Waals surface area (Å²) in [5.41, 5.74) is 1.33. The molecular weight excluding hydrogens is 371 g/mol. The predicted molar refractivity (Wildman–Crippen MR) is 112 cm³/mol. The van der Waals surface area contributed by atoms with Crippen LogP contribution in [-0.2, 0) is 16.0 Å². The van der Waals surface area contributed by atoms with E-state index in [0.29, 0.717) is 30.3 Å². The van der Waals surface area contributed by atoms with Gasteiger partial charge >= 0.3 is 0 Å². The molecule has 3 rings (SSSR count). The minimum atomic E-state index is -0.639. The van der Waals surface area contributed by atoms with Gasteiger partial charge in [0.05, 0.1) is 17.5 Å². The van der Waals surface area contributed by atoms with Gasteiger partial charge in [0.1, 0.15) is 18.2 Å². The van der Waals surface area contributed by atoms with Crippen molar-refractivity contribution in [1.82, 2.24) is 0 Å². The molecule has 2 aromatic rings. The number of nitrogens with one attached hydrogen (secondary N) is 1. The zero-order chi connectivity index (χ0) is 21.2. The molecule has 0 bridgehead atoms. The van der Waals surface area contributed by atoms with E-state index in [9.17, 15) is 14.0 Å². The molecule has 0 fully saturated rings. The van der Waals surface area contributed by atoms with E-state index >= 15 is 0 Å². The van der Waals surface area contributed by atoms with Crippen LogP contribution in [0, 0.1) is 17.2 Å². The third-order valence-corrected chi connectivity index (χ3v) is 4.77. The Hall–Kier alpha value is -2.89. The molecule has 5 nitrogen and oxygen atoms in total. The van der Waals surface area contributed by atoms with Gasteiger partial charge in [-0.1, -0.05) is 26.0 Å². The summed E-state index contributed by atoms with van der Waals surface area (Å²) in [6.07, 6.45) is 0.134. The molecular formula is C23H27FN2O3. The molecule has 29 heavy (non-hydrogen) atoms. The largest absolute Gasteiger partial charge is 0.490 e. The number of amides is 2. The van der Waals surface area contributed by atoms with E-state index in [1.807, 2.05) is 13.8 Å². The highest BCUT2D eigenvalue weighted by Crippen LogP contribution is 2.38. The number of carbonyl (C=O) groups excluding carboxylic acids is 2. The van der Waals surface area contributed by atoms with E-state index in [2.05, 4.69) is 19.2 Å². The SMILES string of the molecule is CC(C)CN1C(=O)C(C)(C)COc2ccc(NC(=O)Cc3ccc(F)cc3)cc21. The Morgan fingerprint density at radius 2 is 1.90 bits per heavy atom. The first-order valence-electron chi connectivity index (χ1n) is 9.79. The zero-order valence-corrected chi connectivity index (χ0v) is 17.3. The number of fused-ring (bicyclic) bond motifs is 1. The van der Waals surface area contributed by atoms with Gasteiger partial charge in [0.25, 0.3) is 0 Å². The number of hydrogen-bond acceptors (Lipinski definition) is 3. The van der Waals surface area contributed by atoms with Gasteiger partial charge in [-0.2, -0.15) is 0 Å². The molecule has 1 aliphatic rings. The van der Waals surface area contributed by atoms with Crippen molar-refractivity contribution in [2.75, 3.05) is 23.4 Å². The molecule has 2 amide bonds. The van der Waals surface area contributed by atoms with Crippen LogP contribution in [0.15, 0.2) is 42.5 Å². The zero-order valence-electron chi connectivity index (χ0n) is 17.3. The van der Waals surface area contributed by atoms with E-state index < -0.39 is 5.41 Å². The van der Waals surface area contributed by atoms with Gasteiger partial charge in [-0.05, 0) is 55.7 Å². The van der Waals surface area contributed by atoms with Crippen LogP contribution in [0.4, 0.5) is 15.8 Å². The van der Waals surface area contributed by atoms with E-state index in [1.54, 1.807) is 35.2 Å². The van der Waals surface area contributed by atoms with Crippen LogP contribution in [-0.4, -0.2) is 25.0 Å². The molecule has 0 atom stereocenters. The highest BCUT2D eigenvalue weighted by atomic mass is 19.1. The molecule has 6 heteroatoms. The van der Waals surface area contributed by atoms with Crippen molar-refractivity contribution in [2.24, 2.45) is 11.3 Å². The Bertz CT molecular complexity index is 907. The van der Waals surface area contributed by atoms with Crippen LogP contribution in [0.3, 0.4) is 0 Å². The van der Waals surface area contributed by atoms with Crippen LogP contribution >= 0.6 is 0 Å². The van der Waals surface area contributed by atoms with E-state index in [1.165, 1.54) is 12.1 Å². The number of anilines is 2. The molecule has 1 aliphatic heterocycles. The van der Waals surface area contributed by atoms with Gasteiger partial charge < -0.3 is 15.0 Å². The summed E-state index contributed by atoms with van der Waals surface area (Å²) in [5.74, 6) is 0.351. The summed E-state index contributed by atoms with van der Waals surface area (Å²) in [4.78, 5) is 27.3. The van der Waals surface area contributed by atoms with Crippen LogP contribution in [0.5, 0.6) is 5.75 Å². The summed E-state index contributed by atoms with van der Waals surface area (Å²) in [6.45, 7) is 8.72. The van der Waals surface area contributed by atoms with Crippen molar-refractivity contribution in [1.29, 1.82) is 0 Å². The van der Waals surface area contributed by atoms with Crippen LogP contribution in [0.2, 0.25) is 0 Å². The molecule has 0 aliphatic carbocycles. The Morgan fingerprint density at radius 3 is 2.55 bits per heavy atom. The molecule has 0 radical (unpaired) electrons. The van der Waals surface area contributed by atoms with E-state index in [4.69, 9.17) is 4.74 Å². The highest BCUT2D eigenvalue weighted by molar-refractivity contribution is 6.00. The fraction of sp³-hybridized carbons (Fsp3) is 0.391. The Morgan fingerprint density at radius 1 is 1.21 bits per heavy atom. The van der Waals surface area contributed by atoms with Gasteiger partial charge in [0, 0.05) is 12.2 Å². The lowest BCUT2D eigenvalue weighted by atomic mass is 9.92. The Kier molecular flexibility index (Phi) is 5.91. The number of ether oxygens (including phenoxy) is 1. The van der Waals surface area contributed by atoms with Crippen LogP contribution < -0.4 is 15.0 Å². The van der Waals surface area contributed by atoms with Gasteiger partial charge in [-0.15, -0.1) is 0 Å².